The lowest BCUT2D eigenvalue weighted by atomic mass is 9.95. The van der Waals surface area contributed by atoms with E-state index in [2.05, 4.69) is 21.0 Å². The Labute approximate surface area is 167 Å². The second kappa shape index (κ2) is 8.84. The molecule has 3 rings (SSSR count). The van der Waals surface area contributed by atoms with Gasteiger partial charge in [-0.1, -0.05) is 15.9 Å². The second-order valence-electron chi connectivity index (χ2n) is 6.67. The van der Waals surface area contributed by atoms with Crippen LogP contribution in [0.15, 0.2) is 33.5 Å². The van der Waals surface area contributed by atoms with E-state index in [1.807, 2.05) is 36.1 Å². The van der Waals surface area contributed by atoms with Crippen LogP contribution in [0.1, 0.15) is 41.9 Å². The maximum Gasteiger partial charge on any atom is 0.345 e. The lowest BCUT2D eigenvalue weighted by Crippen LogP contribution is -2.38. The molecule has 146 valence electrons. The van der Waals surface area contributed by atoms with Gasteiger partial charge in [-0.3, -0.25) is 9.36 Å². The molecule has 1 aromatic carbocycles. The van der Waals surface area contributed by atoms with Gasteiger partial charge in [-0.15, -0.1) is 0 Å². The normalized spacial score (nSPS) is 15.3. The summed E-state index contributed by atoms with van der Waals surface area (Å²) in [5.41, 5.74) is 0.615. The van der Waals surface area contributed by atoms with Gasteiger partial charge in [0.2, 0.25) is 0 Å². The fourth-order valence-corrected chi connectivity index (χ4v) is 3.76. The Hall–Kier alpha value is -1.93. The van der Waals surface area contributed by atoms with Crippen LogP contribution in [0.4, 0.5) is 0 Å². The Morgan fingerprint density at radius 1 is 1.26 bits per heavy atom. The molecule has 1 aliphatic heterocycles. The first kappa shape index (κ1) is 19.8. The molecule has 2 aromatic rings. The SMILES string of the molecule is CCn1c(C2CCN(C(=O)c3ccc(Br)cc3)CC2)nn(CCOC)c1=O. The Morgan fingerprint density at radius 2 is 1.93 bits per heavy atom. The Morgan fingerprint density at radius 3 is 2.52 bits per heavy atom. The predicted octanol–water partition coefficient (Wildman–Crippen LogP) is 2.49. The number of likely N-dealkylation sites (tertiary alicyclic amines) is 1. The number of rotatable bonds is 6. The van der Waals surface area contributed by atoms with Crippen molar-refractivity contribution in [3.05, 3.63) is 50.6 Å². The Balaban J connectivity index is 1.69. The molecule has 0 saturated carbocycles. The van der Waals surface area contributed by atoms with E-state index in [1.165, 1.54) is 4.68 Å². The number of aromatic nitrogens is 3. The third kappa shape index (κ3) is 4.32. The quantitative estimate of drug-likeness (QED) is 0.697. The van der Waals surface area contributed by atoms with Crippen LogP contribution in [0.5, 0.6) is 0 Å². The highest BCUT2D eigenvalue weighted by atomic mass is 79.9. The summed E-state index contributed by atoms with van der Waals surface area (Å²) < 4.78 is 9.25. The summed E-state index contributed by atoms with van der Waals surface area (Å²) in [6, 6.07) is 7.44. The van der Waals surface area contributed by atoms with Crippen molar-refractivity contribution < 1.29 is 9.53 Å². The number of benzene rings is 1. The number of ether oxygens (including phenoxy) is 1. The van der Waals surface area contributed by atoms with E-state index in [0.29, 0.717) is 38.3 Å². The summed E-state index contributed by atoms with van der Waals surface area (Å²) in [6.07, 6.45) is 1.62. The molecule has 1 aliphatic rings. The Kier molecular flexibility index (Phi) is 6.49. The highest BCUT2D eigenvalue weighted by Crippen LogP contribution is 2.27. The third-order valence-corrected chi connectivity index (χ3v) is 5.54. The highest BCUT2D eigenvalue weighted by Gasteiger charge is 2.28. The predicted molar refractivity (Wildman–Crippen MR) is 106 cm³/mol. The summed E-state index contributed by atoms with van der Waals surface area (Å²) in [5.74, 6) is 1.07. The lowest BCUT2D eigenvalue weighted by molar-refractivity contribution is 0.0710. The van der Waals surface area contributed by atoms with E-state index < -0.39 is 0 Å². The van der Waals surface area contributed by atoms with Crippen LogP contribution < -0.4 is 5.69 Å². The van der Waals surface area contributed by atoms with Gasteiger partial charge in [-0.05, 0) is 44.0 Å². The van der Waals surface area contributed by atoms with Crippen LogP contribution in [0.25, 0.3) is 0 Å². The monoisotopic (exact) mass is 436 g/mol. The first-order valence-electron chi connectivity index (χ1n) is 9.26. The number of piperidine rings is 1. The highest BCUT2D eigenvalue weighted by molar-refractivity contribution is 9.10. The van der Waals surface area contributed by atoms with Gasteiger partial charge in [-0.2, -0.15) is 5.10 Å². The van der Waals surface area contributed by atoms with Crippen LogP contribution in [0.2, 0.25) is 0 Å². The van der Waals surface area contributed by atoms with E-state index in [1.54, 1.807) is 11.7 Å². The van der Waals surface area contributed by atoms with Crippen LogP contribution >= 0.6 is 15.9 Å². The number of halogens is 1. The van der Waals surface area contributed by atoms with Crippen molar-refractivity contribution >= 4 is 21.8 Å². The average Bonchev–Trinajstić information content (AvgIpc) is 3.02. The molecule has 27 heavy (non-hydrogen) atoms. The summed E-state index contributed by atoms with van der Waals surface area (Å²) in [5, 5.41) is 4.56. The van der Waals surface area contributed by atoms with Crippen molar-refractivity contribution in [1.82, 2.24) is 19.2 Å². The van der Waals surface area contributed by atoms with Gasteiger partial charge < -0.3 is 9.64 Å². The van der Waals surface area contributed by atoms with Gasteiger partial charge in [0.25, 0.3) is 5.91 Å². The molecule has 0 spiro atoms. The lowest BCUT2D eigenvalue weighted by Gasteiger charge is -2.31. The fraction of sp³-hybridized carbons (Fsp3) is 0.526. The first-order valence-corrected chi connectivity index (χ1v) is 10.1. The first-order chi connectivity index (χ1) is 13.0. The molecule has 1 aromatic heterocycles. The second-order valence-corrected chi connectivity index (χ2v) is 7.59. The zero-order valence-electron chi connectivity index (χ0n) is 15.7. The zero-order valence-corrected chi connectivity index (χ0v) is 17.3. The van der Waals surface area contributed by atoms with Crippen molar-refractivity contribution in [2.45, 2.75) is 38.8 Å². The van der Waals surface area contributed by atoms with E-state index in [0.717, 1.165) is 23.1 Å². The van der Waals surface area contributed by atoms with Crippen LogP contribution in [-0.4, -0.2) is 52.0 Å². The molecule has 2 heterocycles. The summed E-state index contributed by atoms with van der Waals surface area (Å²) >= 11 is 3.39. The van der Waals surface area contributed by atoms with Crippen LogP contribution in [0, 0.1) is 0 Å². The summed E-state index contributed by atoms with van der Waals surface area (Å²) in [7, 11) is 1.61. The number of carbonyl (C=O) groups excluding carboxylic acids is 1. The zero-order chi connectivity index (χ0) is 19.4. The molecule has 1 amide bonds. The van der Waals surface area contributed by atoms with Gasteiger partial charge in [0.15, 0.2) is 0 Å². The number of methoxy groups -OCH3 is 1. The molecule has 0 N–H and O–H groups in total. The summed E-state index contributed by atoms with van der Waals surface area (Å²) in [6.45, 7) is 4.81. The molecule has 1 saturated heterocycles. The molecular weight excluding hydrogens is 412 g/mol. The number of amides is 1. The molecular formula is C19H25BrN4O3. The molecule has 0 bridgehead atoms. The molecule has 0 aliphatic carbocycles. The van der Waals surface area contributed by atoms with Gasteiger partial charge in [0, 0.05) is 42.7 Å². The van der Waals surface area contributed by atoms with Crippen molar-refractivity contribution in [2.24, 2.45) is 0 Å². The molecule has 0 atom stereocenters. The maximum atomic E-state index is 12.7. The van der Waals surface area contributed by atoms with Gasteiger partial charge in [0.05, 0.1) is 13.2 Å². The van der Waals surface area contributed by atoms with Crippen LogP contribution in [0.3, 0.4) is 0 Å². The van der Waals surface area contributed by atoms with Crippen LogP contribution in [-0.2, 0) is 17.8 Å². The average molecular weight is 437 g/mol. The summed E-state index contributed by atoms with van der Waals surface area (Å²) in [4.78, 5) is 27.1. The number of hydrogen-bond donors (Lipinski definition) is 0. The van der Waals surface area contributed by atoms with E-state index in [9.17, 15) is 9.59 Å². The van der Waals surface area contributed by atoms with Crippen molar-refractivity contribution in [3.8, 4) is 0 Å². The van der Waals surface area contributed by atoms with E-state index in [4.69, 9.17) is 4.74 Å². The minimum Gasteiger partial charge on any atom is -0.383 e. The standard InChI is InChI=1S/C19H25BrN4O3/c1-3-23-17(21-24(19(23)26)12-13-27-2)14-8-10-22(11-9-14)18(25)15-4-6-16(20)7-5-15/h4-7,14H,3,8-13H2,1-2H3. The number of nitrogens with zero attached hydrogens (tertiary/aromatic N) is 4. The molecule has 8 heteroatoms. The third-order valence-electron chi connectivity index (χ3n) is 5.01. The van der Waals surface area contributed by atoms with Gasteiger partial charge in [0.1, 0.15) is 5.82 Å². The maximum absolute atomic E-state index is 12.7. The van der Waals surface area contributed by atoms with E-state index in [-0.39, 0.29) is 17.5 Å². The topological polar surface area (TPSA) is 69.4 Å². The largest absolute Gasteiger partial charge is 0.383 e. The minimum absolute atomic E-state index is 0.0551. The number of hydrogen-bond acceptors (Lipinski definition) is 4. The smallest absolute Gasteiger partial charge is 0.345 e. The molecule has 1 fully saturated rings. The Bertz CT molecular complexity index is 836. The van der Waals surface area contributed by atoms with Crippen molar-refractivity contribution in [1.29, 1.82) is 0 Å². The van der Waals surface area contributed by atoms with Gasteiger partial charge in [-0.25, -0.2) is 9.48 Å². The van der Waals surface area contributed by atoms with Crippen molar-refractivity contribution in [2.75, 3.05) is 26.8 Å². The van der Waals surface area contributed by atoms with Crippen molar-refractivity contribution in [3.63, 3.8) is 0 Å². The van der Waals surface area contributed by atoms with E-state index >= 15 is 0 Å². The fourth-order valence-electron chi connectivity index (χ4n) is 3.50. The molecule has 0 unspecified atom stereocenters. The number of carbonyl (C=O) groups is 1. The molecule has 0 radical (unpaired) electrons. The molecule has 7 nitrogen and oxygen atoms in total. The van der Waals surface area contributed by atoms with Gasteiger partial charge >= 0.3 is 5.69 Å². The minimum atomic E-state index is -0.0853.